The topological polar surface area (TPSA) is 43.4 Å². The second kappa shape index (κ2) is 5.40. The van der Waals surface area contributed by atoms with Gasteiger partial charge in [-0.25, -0.2) is 0 Å². The summed E-state index contributed by atoms with van der Waals surface area (Å²) in [5.41, 5.74) is 1.05. The number of pyridine rings is 1. The molecule has 102 valence electrons. The fraction of sp³-hybridized carbons (Fsp3) is 0.357. The summed E-state index contributed by atoms with van der Waals surface area (Å²) >= 11 is 0. The molecule has 1 unspecified atom stereocenters. The number of methoxy groups -OCH3 is 1. The van der Waals surface area contributed by atoms with Gasteiger partial charge in [0.05, 0.1) is 5.54 Å². The van der Waals surface area contributed by atoms with E-state index in [1.165, 1.54) is 7.11 Å². The third kappa shape index (κ3) is 2.76. The molecule has 0 radical (unpaired) electrons. The second-order valence-electron chi connectivity index (χ2n) is 4.58. The molecule has 0 saturated heterocycles. The van der Waals surface area contributed by atoms with Gasteiger partial charge in [0.1, 0.15) is 0 Å². The smallest absolute Gasteiger partial charge is 0.230 e. The molecule has 0 spiro atoms. The maximum absolute atomic E-state index is 14.1. The first-order valence-electron chi connectivity index (χ1n) is 5.97. The van der Waals surface area contributed by atoms with Crippen LogP contribution in [0.2, 0.25) is 0 Å². The molecule has 0 amide bonds. The Balaban J connectivity index is 2.29. The number of hydrogen-bond donors (Lipinski definition) is 1. The highest BCUT2D eigenvalue weighted by molar-refractivity contribution is 5.40. The lowest BCUT2D eigenvalue weighted by Crippen LogP contribution is -2.39. The number of allylic oxidation sites excluding steroid dienone is 1. The van der Waals surface area contributed by atoms with Gasteiger partial charge in [0.25, 0.3) is 0 Å². The lowest BCUT2D eigenvalue weighted by molar-refractivity contribution is 0.00361. The van der Waals surface area contributed by atoms with E-state index in [1.54, 1.807) is 12.4 Å². The van der Waals surface area contributed by atoms with Crippen LogP contribution in [0.4, 0.5) is 4.39 Å². The first-order valence-corrected chi connectivity index (χ1v) is 5.97. The number of nitrogens with one attached hydrogen (secondary N) is 1. The van der Waals surface area contributed by atoms with E-state index in [2.05, 4.69) is 10.3 Å². The highest BCUT2D eigenvalue weighted by Crippen LogP contribution is 2.32. The van der Waals surface area contributed by atoms with Crippen LogP contribution in [0.3, 0.4) is 0 Å². The van der Waals surface area contributed by atoms with E-state index in [9.17, 15) is 4.39 Å². The maximum Gasteiger partial charge on any atom is 0.230 e. The van der Waals surface area contributed by atoms with Gasteiger partial charge in [-0.3, -0.25) is 4.98 Å². The largest absolute Gasteiger partial charge is 0.463 e. The normalized spacial score (nSPS) is 22.8. The number of aromatic nitrogens is 1. The Hall–Kier alpha value is -1.88. The van der Waals surface area contributed by atoms with Crippen molar-refractivity contribution in [3.8, 4) is 0 Å². The minimum Gasteiger partial charge on any atom is -0.463 e. The van der Waals surface area contributed by atoms with Crippen molar-refractivity contribution in [3.63, 3.8) is 0 Å². The predicted molar refractivity (Wildman–Crippen MR) is 69.6 cm³/mol. The van der Waals surface area contributed by atoms with Crippen molar-refractivity contribution in [2.45, 2.75) is 19.4 Å². The van der Waals surface area contributed by atoms with Crippen LogP contribution in [0, 0.1) is 0 Å². The molecule has 4 nitrogen and oxygen atoms in total. The molecule has 0 aliphatic carbocycles. The summed E-state index contributed by atoms with van der Waals surface area (Å²) in [5.74, 6) is -0.301. The summed E-state index contributed by atoms with van der Waals surface area (Å²) in [6.07, 6.45) is 5.30. The number of halogens is 1. The monoisotopic (exact) mass is 264 g/mol. The van der Waals surface area contributed by atoms with Crippen molar-refractivity contribution < 1.29 is 13.9 Å². The molecule has 0 fully saturated rings. The molecule has 1 aromatic heterocycles. The van der Waals surface area contributed by atoms with Gasteiger partial charge in [-0.2, -0.15) is 4.39 Å². The molecule has 19 heavy (non-hydrogen) atoms. The minimum atomic E-state index is -0.614. The third-order valence-electron chi connectivity index (χ3n) is 3.03. The van der Waals surface area contributed by atoms with Gasteiger partial charge in [0.2, 0.25) is 5.95 Å². The maximum atomic E-state index is 14.1. The molecule has 1 aliphatic rings. The van der Waals surface area contributed by atoms with Crippen molar-refractivity contribution in [2.75, 3.05) is 13.9 Å². The zero-order valence-corrected chi connectivity index (χ0v) is 11.2. The van der Waals surface area contributed by atoms with E-state index >= 15 is 0 Å². The molecule has 0 saturated carbocycles. The summed E-state index contributed by atoms with van der Waals surface area (Å²) in [6.45, 7) is 3.73. The Labute approximate surface area is 111 Å². The third-order valence-corrected chi connectivity index (χ3v) is 3.03. The average molecular weight is 264 g/mol. The van der Waals surface area contributed by atoms with Crippen LogP contribution >= 0.6 is 0 Å². The van der Waals surface area contributed by atoms with Crippen molar-refractivity contribution in [1.29, 1.82) is 0 Å². The van der Waals surface area contributed by atoms with Gasteiger partial charge >= 0.3 is 0 Å². The SMILES string of the molecule is COCOC1=C(F)NC(C)(c2ccncc2)C=C1C. The molecule has 0 bridgehead atoms. The Morgan fingerprint density at radius 3 is 2.63 bits per heavy atom. The van der Waals surface area contributed by atoms with E-state index in [1.807, 2.05) is 32.1 Å². The minimum absolute atomic E-state index is 0.0155. The van der Waals surface area contributed by atoms with Gasteiger partial charge < -0.3 is 14.8 Å². The number of rotatable bonds is 4. The Bertz CT molecular complexity index is 513. The molecule has 1 atom stereocenters. The lowest BCUT2D eigenvalue weighted by atomic mass is 9.88. The summed E-state index contributed by atoms with van der Waals surface area (Å²) in [7, 11) is 1.49. The number of dihydropyridines is 1. The van der Waals surface area contributed by atoms with Crippen molar-refractivity contribution in [2.24, 2.45) is 0 Å². The number of nitrogens with zero attached hydrogens (tertiary/aromatic N) is 1. The zero-order chi connectivity index (χ0) is 13.9. The molecule has 1 aliphatic heterocycles. The fourth-order valence-corrected chi connectivity index (χ4v) is 2.14. The molecular formula is C14H17FN2O2. The van der Waals surface area contributed by atoms with Crippen molar-refractivity contribution in [3.05, 3.63) is 53.4 Å². The van der Waals surface area contributed by atoms with Gasteiger partial charge in [-0.15, -0.1) is 0 Å². The van der Waals surface area contributed by atoms with Crippen LogP contribution in [-0.4, -0.2) is 18.9 Å². The van der Waals surface area contributed by atoms with E-state index < -0.39 is 11.5 Å². The van der Waals surface area contributed by atoms with Crippen molar-refractivity contribution in [1.82, 2.24) is 10.3 Å². The second-order valence-corrected chi connectivity index (χ2v) is 4.58. The Morgan fingerprint density at radius 2 is 2.05 bits per heavy atom. The first-order chi connectivity index (χ1) is 9.07. The molecule has 2 rings (SSSR count). The zero-order valence-electron chi connectivity index (χ0n) is 11.2. The summed E-state index contributed by atoms with van der Waals surface area (Å²) in [5, 5.41) is 2.83. The van der Waals surface area contributed by atoms with Gasteiger partial charge in [-0.1, -0.05) is 0 Å². The standard InChI is InChI=1S/C14H17FN2O2/c1-10-8-14(2,11-4-6-16-7-5-11)17-13(15)12(10)19-9-18-3/h4-8,17H,9H2,1-3H3. The molecule has 1 aromatic rings. The van der Waals surface area contributed by atoms with E-state index in [4.69, 9.17) is 9.47 Å². The molecule has 2 heterocycles. The first kappa shape index (κ1) is 13.5. The van der Waals surface area contributed by atoms with E-state index in [-0.39, 0.29) is 12.6 Å². The molecule has 0 aromatic carbocycles. The lowest BCUT2D eigenvalue weighted by Gasteiger charge is -2.33. The quantitative estimate of drug-likeness (QED) is 0.670. The van der Waals surface area contributed by atoms with E-state index in [0.717, 1.165) is 11.1 Å². The van der Waals surface area contributed by atoms with E-state index in [0.29, 0.717) is 0 Å². The van der Waals surface area contributed by atoms with Gasteiger partial charge in [-0.05, 0) is 43.2 Å². The van der Waals surface area contributed by atoms with Crippen LogP contribution in [0.5, 0.6) is 0 Å². The van der Waals surface area contributed by atoms with Crippen LogP contribution in [-0.2, 0) is 15.0 Å². The summed E-state index contributed by atoms with van der Waals surface area (Å²) in [6, 6.07) is 3.70. The van der Waals surface area contributed by atoms with Gasteiger partial charge in [0, 0.05) is 19.5 Å². The average Bonchev–Trinajstić information content (AvgIpc) is 2.39. The highest BCUT2D eigenvalue weighted by atomic mass is 19.1. The number of hydrogen-bond acceptors (Lipinski definition) is 4. The van der Waals surface area contributed by atoms with Crippen LogP contribution in [0.15, 0.2) is 47.9 Å². The summed E-state index contributed by atoms with van der Waals surface area (Å²) in [4.78, 5) is 3.97. The number of ether oxygens (including phenoxy) is 2. The van der Waals surface area contributed by atoms with Crippen LogP contribution < -0.4 is 5.32 Å². The summed E-state index contributed by atoms with van der Waals surface area (Å²) < 4.78 is 24.2. The molecular weight excluding hydrogens is 247 g/mol. The van der Waals surface area contributed by atoms with Crippen molar-refractivity contribution >= 4 is 0 Å². The molecule has 1 N–H and O–H groups in total. The Morgan fingerprint density at radius 1 is 1.37 bits per heavy atom. The van der Waals surface area contributed by atoms with Crippen LogP contribution in [0.1, 0.15) is 19.4 Å². The predicted octanol–water partition coefficient (Wildman–Crippen LogP) is 2.61. The van der Waals surface area contributed by atoms with Crippen LogP contribution in [0.25, 0.3) is 0 Å². The highest BCUT2D eigenvalue weighted by Gasteiger charge is 2.31. The Kier molecular flexibility index (Phi) is 3.85. The fourth-order valence-electron chi connectivity index (χ4n) is 2.14. The molecule has 5 heteroatoms. The van der Waals surface area contributed by atoms with Gasteiger partial charge in [0.15, 0.2) is 12.6 Å².